The van der Waals surface area contributed by atoms with E-state index < -0.39 is 16.7 Å². The molecule has 190 valence electrons. The van der Waals surface area contributed by atoms with Crippen molar-refractivity contribution in [3.05, 3.63) is 59.1 Å². The van der Waals surface area contributed by atoms with Gasteiger partial charge in [0, 0.05) is 36.8 Å². The van der Waals surface area contributed by atoms with Crippen molar-refractivity contribution in [3.63, 3.8) is 0 Å². The lowest BCUT2D eigenvalue weighted by Crippen LogP contribution is -2.49. The molecule has 0 aromatic heterocycles. The molecular formula is C26H28ClF2N5O2. The lowest BCUT2D eigenvalue weighted by Gasteiger charge is -2.39. The summed E-state index contributed by atoms with van der Waals surface area (Å²) >= 11 is 5.74. The second kappa shape index (κ2) is 10.7. The van der Waals surface area contributed by atoms with Gasteiger partial charge in [0.15, 0.2) is 5.82 Å². The van der Waals surface area contributed by atoms with Crippen LogP contribution in [0.15, 0.2) is 46.9 Å². The summed E-state index contributed by atoms with van der Waals surface area (Å²) in [6.07, 6.45) is 4.90. The van der Waals surface area contributed by atoms with E-state index in [-0.39, 0.29) is 35.6 Å². The number of nitrogens with zero attached hydrogens (tertiary/aromatic N) is 3. The zero-order valence-electron chi connectivity index (χ0n) is 20.2. The van der Waals surface area contributed by atoms with Crippen molar-refractivity contribution in [2.24, 2.45) is 9.98 Å². The number of aliphatic imine (C=N–C) groups is 2. The summed E-state index contributed by atoms with van der Waals surface area (Å²) in [4.78, 5) is 22.6. The van der Waals surface area contributed by atoms with E-state index in [9.17, 15) is 13.6 Å². The maximum Gasteiger partial charge on any atom is 0.246 e. The molecule has 2 bridgehead atoms. The number of methoxy groups -OCH3 is 1. The smallest absolute Gasteiger partial charge is 0.246 e. The van der Waals surface area contributed by atoms with Crippen LogP contribution in [0.25, 0.3) is 0 Å². The van der Waals surface area contributed by atoms with Gasteiger partial charge in [0.2, 0.25) is 5.91 Å². The number of benzene rings is 2. The highest BCUT2D eigenvalue weighted by molar-refractivity contribution is 6.31. The molecule has 2 atom stereocenters. The topological polar surface area (TPSA) is 78.3 Å². The fourth-order valence-corrected chi connectivity index (χ4v) is 5.31. The average Bonchev–Trinajstić information content (AvgIpc) is 3.16. The van der Waals surface area contributed by atoms with Crippen LogP contribution in [0, 0.1) is 11.6 Å². The summed E-state index contributed by atoms with van der Waals surface area (Å²) in [6, 6.07) is 6.29. The van der Waals surface area contributed by atoms with Gasteiger partial charge in [-0.15, -0.1) is 0 Å². The van der Waals surface area contributed by atoms with E-state index in [4.69, 9.17) is 16.3 Å². The third kappa shape index (κ3) is 4.80. The number of hydrogen-bond donors (Lipinski definition) is 2. The molecular weight excluding hydrogens is 488 g/mol. The molecule has 0 spiro atoms. The second-order valence-electron chi connectivity index (χ2n) is 8.80. The van der Waals surface area contributed by atoms with Gasteiger partial charge in [-0.25, -0.2) is 8.78 Å². The van der Waals surface area contributed by atoms with E-state index in [1.165, 1.54) is 12.1 Å². The number of anilines is 2. The summed E-state index contributed by atoms with van der Waals surface area (Å²) in [5, 5.41) is 5.84. The summed E-state index contributed by atoms with van der Waals surface area (Å²) in [5.41, 5.74) is 1.68. The van der Waals surface area contributed by atoms with E-state index in [0.29, 0.717) is 22.7 Å². The standard InChI is InChI=1S/C26H28ClF2N5O2/c1-5-23(35)34-15-6-7-16(34)11-14(10-15)32-21-12-17(20(30-2)13-22(21)36-4)26(31-3)33-19-9-8-18(28)24(27)25(19)29/h5,8-9,12-16,32H,1-2,6-7,10-11H2,3-4H3,(H,31,33). The van der Waals surface area contributed by atoms with Crippen molar-refractivity contribution in [1.82, 2.24) is 4.90 Å². The zero-order valence-corrected chi connectivity index (χ0v) is 20.9. The van der Waals surface area contributed by atoms with E-state index in [2.05, 4.69) is 33.9 Å². The Morgan fingerprint density at radius 1 is 1.22 bits per heavy atom. The first kappa shape index (κ1) is 25.6. The number of ether oxygens (including phenoxy) is 1. The summed E-state index contributed by atoms with van der Waals surface area (Å²) < 4.78 is 33.8. The molecule has 2 unspecified atom stereocenters. The number of carbonyl (C=O) groups excluding carboxylic acids is 1. The van der Waals surface area contributed by atoms with Gasteiger partial charge in [-0.3, -0.25) is 14.8 Å². The third-order valence-corrected chi connectivity index (χ3v) is 7.12. The van der Waals surface area contributed by atoms with Crippen LogP contribution in [-0.4, -0.2) is 55.6 Å². The molecule has 0 radical (unpaired) electrons. The maximum atomic E-state index is 14.6. The minimum Gasteiger partial charge on any atom is -0.495 e. The van der Waals surface area contributed by atoms with Crippen LogP contribution < -0.4 is 15.4 Å². The van der Waals surface area contributed by atoms with Crippen molar-refractivity contribution in [2.75, 3.05) is 24.8 Å². The monoisotopic (exact) mass is 515 g/mol. The van der Waals surface area contributed by atoms with Gasteiger partial charge in [0.25, 0.3) is 0 Å². The molecule has 0 aliphatic carbocycles. The van der Waals surface area contributed by atoms with Crippen molar-refractivity contribution in [3.8, 4) is 5.75 Å². The number of halogens is 3. The molecule has 2 heterocycles. The van der Waals surface area contributed by atoms with Gasteiger partial charge in [0.1, 0.15) is 22.4 Å². The van der Waals surface area contributed by atoms with Gasteiger partial charge >= 0.3 is 0 Å². The highest BCUT2D eigenvalue weighted by atomic mass is 35.5. The number of amidine groups is 1. The Morgan fingerprint density at radius 3 is 2.50 bits per heavy atom. The van der Waals surface area contributed by atoms with E-state index in [1.54, 1.807) is 20.2 Å². The molecule has 4 rings (SSSR count). The molecule has 10 heteroatoms. The van der Waals surface area contributed by atoms with Crippen LogP contribution in [-0.2, 0) is 4.79 Å². The van der Waals surface area contributed by atoms with Crippen molar-refractivity contribution in [1.29, 1.82) is 0 Å². The van der Waals surface area contributed by atoms with Crippen molar-refractivity contribution in [2.45, 2.75) is 43.8 Å². The van der Waals surface area contributed by atoms with Crippen molar-refractivity contribution < 1.29 is 18.3 Å². The fraction of sp³-hybridized carbons (Fsp3) is 0.346. The van der Waals surface area contributed by atoms with Crippen LogP contribution in [0.1, 0.15) is 31.2 Å². The van der Waals surface area contributed by atoms with Gasteiger partial charge < -0.3 is 20.3 Å². The third-order valence-electron chi connectivity index (χ3n) is 6.78. The van der Waals surface area contributed by atoms with E-state index in [1.807, 2.05) is 11.0 Å². The zero-order chi connectivity index (χ0) is 26.0. The van der Waals surface area contributed by atoms with Crippen LogP contribution in [0.3, 0.4) is 0 Å². The molecule has 7 nitrogen and oxygen atoms in total. The molecule has 36 heavy (non-hydrogen) atoms. The van der Waals surface area contributed by atoms with Crippen LogP contribution in [0.2, 0.25) is 5.02 Å². The molecule has 2 aromatic rings. The predicted molar refractivity (Wildman–Crippen MR) is 140 cm³/mol. The summed E-state index contributed by atoms with van der Waals surface area (Å²) in [5.74, 6) is -0.950. The Balaban J connectivity index is 1.63. The number of rotatable bonds is 7. The lowest BCUT2D eigenvalue weighted by atomic mass is 9.96. The number of nitrogens with one attached hydrogen (secondary N) is 2. The SMILES string of the molecule is C=CC(=O)N1C2CCC1CC(Nc1cc(/C(=N\C)Nc3ccc(F)c(Cl)c3F)c(N=C)cc1OC)C2. The lowest BCUT2D eigenvalue weighted by molar-refractivity contribution is -0.130. The van der Waals surface area contributed by atoms with Crippen LogP contribution in [0.4, 0.5) is 25.8 Å². The number of amides is 1. The second-order valence-corrected chi connectivity index (χ2v) is 9.17. The largest absolute Gasteiger partial charge is 0.495 e. The Bertz CT molecular complexity index is 1220. The summed E-state index contributed by atoms with van der Waals surface area (Å²) in [6.45, 7) is 7.27. The van der Waals surface area contributed by atoms with Gasteiger partial charge in [0.05, 0.1) is 24.2 Å². The summed E-state index contributed by atoms with van der Waals surface area (Å²) in [7, 11) is 3.10. The highest BCUT2D eigenvalue weighted by Crippen LogP contribution is 2.40. The quantitative estimate of drug-likeness (QED) is 0.219. The first-order valence-corrected chi connectivity index (χ1v) is 12.0. The van der Waals surface area contributed by atoms with E-state index >= 15 is 0 Å². The molecule has 2 N–H and O–H groups in total. The molecule has 2 aliphatic heterocycles. The maximum absolute atomic E-state index is 14.6. The number of hydrogen-bond acceptors (Lipinski definition) is 5. The minimum atomic E-state index is -0.922. The predicted octanol–water partition coefficient (Wildman–Crippen LogP) is 5.57. The Labute approximate surface area is 213 Å². The molecule has 1 amide bonds. The number of piperidine rings is 1. The molecule has 2 aliphatic rings. The number of fused-ring (bicyclic) bond motifs is 2. The minimum absolute atomic E-state index is 0.0229. The fourth-order valence-electron chi connectivity index (χ4n) is 5.14. The normalized spacial score (nSPS) is 21.2. The molecule has 2 fully saturated rings. The van der Waals surface area contributed by atoms with Gasteiger partial charge in [-0.1, -0.05) is 18.2 Å². The molecule has 0 saturated carbocycles. The van der Waals surface area contributed by atoms with Crippen molar-refractivity contribution >= 4 is 47.1 Å². The first-order valence-electron chi connectivity index (χ1n) is 11.6. The Hall–Kier alpha value is -3.46. The number of carbonyl (C=O) groups is 1. The van der Waals surface area contributed by atoms with Crippen LogP contribution in [0.5, 0.6) is 5.75 Å². The molecule has 2 aromatic carbocycles. The molecule has 2 saturated heterocycles. The highest BCUT2D eigenvalue weighted by Gasteiger charge is 2.42. The van der Waals surface area contributed by atoms with E-state index in [0.717, 1.165) is 31.7 Å². The van der Waals surface area contributed by atoms with Crippen LogP contribution >= 0.6 is 11.6 Å². The van der Waals surface area contributed by atoms with Gasteiger partial charge in [-0.05, 0) is 56.7 Å². The van der Waals surface area contributed by atoms with Gasteiger partial charge in [-0.2, -0.15) is 0 Å². The Kier molecular flexibility index (Phi) is 7.59. The first-order chi connectivity index (χ1) is 17.3. The Morgan fingerprint density at radius 2 is 1.92 bits per heavy atom. The average molecular weight is 516 g/mol.